The van der Waals surface area contributed by atoms with Crippen molar-refractivity contribution in [3.05, 3.63) is 47.5 Å². The molecule has 0 heterocycles. The van der Waals surface area contributed by atoms with Gasteiger partial charge in [-0.05, 0) is 49.7 Å². The van der Waals surface area contributed by atoms with E-state index in [-0.39, 0.29) is 11.5 Å². The van der Waals surface area contributed by atoms with Crippen molar-refractivity contribution < 1.29 is 27.5 Å². The van der Waals surface area contributed by atoms with Crippen LogP contribution in [0.4, 0.5) is 5.69 Å². The van der Waals surface area contributed by atoms with Crippen LogP contribution in [0.5, 0.6) is 11.5 Å². The number of anilines is 1. The van der Waals surface area contributed by atoms with Crippen LogP contribution in [0.3, 0.4) is 0 Å². The third-order valence-corrected chi connectivity index (χ3v) is 6.03. The first-order valence-electron chi connectivity index (χ1n) is 9.48. The van der Waals surface area contributed by atoms with E-state index in [1.807, 2.05) is 6.92 Å². The Hall–Kier alpha value is -3.11. The number of nitrogens with one attached hydrogen (secondary N) is 1. The molecule has 31 heavy (non-hydrogen) atoms. The zero-order chi connectivity index (χ0) is 23.0. The standard InChI is InChI=1S/C21H27N3O6S/c1-6-29-19-10-8-16(11-20(19)28-5)13-22-30-14-21(25)23-18-12-17(9-7-15(18)2)31(26,27)24(3)4/h7-13H,6,14H2,1-5H3,(H,23,25)/b22-13-. The van der Waals surface area contributed by atoms with Crippen molar-refractivity contribution in [3.8, 4) is 11.5 Å². The fraction of sp³-hybridized carbons (Fsp3) is 0.333. The average Bonchev–Trinajstić information content (AvgIpc) is 2.73. The molecule has 2 aromatic carbocycles. The minimum absolute atomic E-state index is 0.0850. The van der Waals surface area contributed by atoms with Crippen LogP contribution in [0.1, 0.15) is 18.1 Å². The number of rotatable bonds is 10. The third-order valence-electron chi connectivity index (χ3n) is 4.22. The van der Waals surface area contributed by atoms with Crippen molar-refractivity contribution in [2.24, 2.45) is 5.16 Å². The van der Waals surface area contributed by atoms with Crippen LogP contribution in [-0.4, -0.2) is 59.3 Å². The third kappa shape index (κ3) is 6.43. The van der Waals surface area contributed by atoms with Crippen molar-refractivity contribution in [2.75, 3.05) is 39.7 Å². The highest BCUT2D eigenvalue weighted by Gasteiger charge is 2.18. The quantitative estimate of drug-likeness (QED) is 0.441. The van der Waals surface area contributed by atoms with Gasteiger partial charge in [-0.1, -0.05) is 11.2 Å². The number of oxime groups is 1. The number of ether oxygens (including phenoxy) is 2. The van der Waals surface area contributed by atoms with Gasteiger partial charge in [-0.15, -0.1) is 0 Å². The summed E-state index contributed by atoms with van der Waals surface area (Å²) in [6.07, 6.45) is 1.45. The Balaban J connectivity index is 1.98. The van der Waals surface area contributed by atoms with Crippen molar-refractivity contribution in [3.63, 3.8) is 0 Å². The molecule has 0 atom stereocenters. The van der Waals surface area contributed by atoms with E-state index in [0.717, 1.165) is 9.87 Å². The minimum Gasteiger partial charge on any atom is -0.493 e. The largest absolute Gasteiger partial charge is 0.493 e. The Morgan fingerprint density at radius 1 is 1.16 bits per heavy atom. The number of benzene rings is 2. The van der Waals surface area contributed by atoms with Gasteiger partial charge in [0.1, 0.15) is 0 Å². The van der Waals surface area contributed by atoms with Gasteiger partial charge < -0.3 is 19.6 Å². The van der Waals surface area contributed by atoms with E-state index in [9.17, 15) is 13.2 Å². The molecule has 10 heteroatoms. The molecule has 168 valence electrons. The molecule has 0 radical (unpaired) electrons. The van der Waals surface area contributed by atoms with Gasteiger partial charge in [0.15, 0.2) is 18.1 Å². The molecule has 0 aliphatic heterocycles. The van der Waals surface area contributed by atoms with Gasteiger partial charge in [-0.25, -0.2) is 12.7 Å². The highest BCUT2D eigenvalue weighted by atomic mass is 32.2. The summed E-state index contributed by atoms with van der Waals surface area (Å²) in [5.41, 5.74) is 1.81. The van der Waals surface area contributed by atoms with E-state index < -0.39 is 15.9 Å². The Labute approximate surface area is 182 Å². The van der Waals surface area contributed by atoms with Crippen LogP contribution in [0, 0.1) is 6.92 Å². The summed E-state index contributed by atoms with van der Waals surface area (Å²) in [5.74, 6) is 0.715. The fourth-order valence-electron chi connectivity index (χ4n) is 2.53. The Bertz CT molecular complexity index is 1050. The number of hydrogen-bond acceptors (Lipinski definition) is 7. The maximum absolute atomic E-state index is 12.3. The molecule has 0 fully saturated rings. The number of sulfonamides is 1. The van der Waals surface area contributed by atoms with Gasteiger partial charge >= 0.3 is 0 Å². The molecule has 0 aliphatic carbocycles. The molecule has 0 saturated carbocycles. The van der Waals surface area contributed by atoms with Crippen LogP contribution < -0.4 is 14.8 Å². The first-order valence-corrected chi connectivity index (χ1v) is 10.9. The van der Waals surface area contributed by atoms with Crippen molar-refractivity contribution >= 4 is 27.8 Å². The summed E-state index contributed by atoms with van der Waals surface area (Å²) in [4.78, 5) is 17.3. The Kier molecular flexibility index (Phi) is 8.40. The van der Waals surface area contributed by atoms with Gasteiger partial charge in [0.05, 0.1) is 24.8 Å². The number of methoxy groups -OCH3 is 1. The van der Waals surface area contributed by atoms with Crippen LogP contribution in [0.15, 0.2) is 46.4 Å². The van der Waals surface area contributed by atoms with Gasteiger partial charge in [-0.3, -0.25) is 4.79 Å². The van der Waals surface area contributed by atoms with Crippen molar-refractivity contribution in [1.82, 2.24) is 4.31 Å². The van der Waals surface area contributed by atoms with Crippen molar-refractivity contribution in [1.29, 1.82) is 0 Å². The van der Waals surface area contributed by atoms with E-state index >= 15 is 0 Å². The summed E-state index contributed by atoms with van der Waals surface area (Å²) in [6.45, 7) is 3.83. The first-order chi connectivity index (χ1) is 14.7. The molecular formula is C21H27N3O6S. The highest BCUT2D eigenvalue weighted by molar-refractivity contribution is 7.89. The maximum atomic E-state index is 12.3. The van der Waals surface area contributed by atoms with Crippen LogP contribution >= 0.6 is 0 Å². The van der Waals surface area contributed by atoms with E-state index in [1.54, 1.807) is 38.3 Å². The predicted octanol–water partition coefficient (Wildman–Crippen LogP) is 2.64. The zero-order valence-electron chi connectivity index (χ0n) is 18.2. The number of hydrogen-bond donors (Lipinski definition) is 1. The lowest BCUT2D eigenvalue weighted by Gasteiger charge is -2.14. The summed E-state index contributed by atoms with van der Waals surface area (Å²) < 4.78 is 36.4. The molecule has 0 spiro atoms. The first kappa shape index (κ1) is 24.2. The molecule has 2 rings (SSSR count). The second kappa shape index (κ2) is 10.8. The molecule has 2 aromatic rings. The minimum atomic E-state index is -3.61. The monoisotopic (exact) mass is 449 g/mol. The van der Waals surface area contributed by atoms with Gasteiger partial charge in [0.25, 0.3) is 5.91 Å². The second-order valence-corrected chi connectivity index (χ2v) is 8.82. The molecule has 0 aromatic heterocycles. The van der Waals surface area contributed by atoms with Crippen LogP contribution in [0.2, 0.25) is 0 Å². The van der Waals surface area contributed by atoms with Gasteiger partial charge in [0.2, 0.25) is 10.0 Å². The van der Waals surface area contributed by atoms with E-state index in [4.69, 9.17) is 14.3 Å². The number of aryl methyl sites for hydroxylation is 1. The summed E-state index contributed by atoms with van der Waals surface area (Å²) >= 11 is 0. The smallest absolute Gasteiger partial charge is 0.265 e. The molecular weight excluding hydrogens is 422 g/mol. The number of carbonyl (C=O) groups excluding carboxylic acids is 1. The predicted molar refractivity (Wildman–Crippen MR) is 118 cm³/mol. The summed E-state index contributed by atoms with van der Waals surface area (Å²) in [5, 5.41) is 6.43. The summed E-state index contributed by atoms with van der Waals surface area (Å²) in [6, 6.07) is 9.81. The average molecular weight is 450 g/mol. The number of carbonyl (C=O) groups is 1. The lowest BCUT2D eigenvalue weighted by molar-refractivity contribution is -0.120. The lowest BCUT2D eigenvalue weighted by atomic mass is 10.2. The normalized spacial score (nSPS) is 11.5. The van der Waals surface area contributed by atoms with Gasteiger partial charge in [0, 0.05) is 25.3 Å². The second-order valence-electron chi connectivity index (χ2n) is 6.66. The fourth-order valence-corrected chi connectivity index (χ4v) is 3.46. The molecule has 0 bridgehead atoms. The van der Waals surface area contributed by atoms with E-state index in [1.165, 1.54) is 32.4 Å². The van der Waals surface area contributed by atoms with E-state index in [2.05, 4.69) is 10.5 Å². The molecule has 9 nitrogen and oxygen atoms in total. The molecule has 0 saturated heterocycles. The Morgan fingerprint density at radius 3 is 2.55 bits per heavy atom. The zero-order valence-corrected chi connectivity index (χ0v) is 19.0. The number of amides is 1. The topological polar surface area (TPSA) is 107 Å². The van der Waals surface area contributed by atoms with Gasteiger partial charge in [-0.2, -0.15) is 0 Å². The molecule has 0 unspecified atom stereocenters. The van der Waals surface area contributed by atoms with Crippen LogP contribution in [-0.2, 0) is 19.7 Å². The lowest BCUT2D eigenvalue weighted by Crippen LogP contribution is -2.23. The maximum Gasteiger partial charge on any atom is 0.265 e. The number of nitrogens with zero attached hydrogens (tertiary/aromatic N) is 2. The molecule has 1 N–H and O–H groups in total. The highest BCUT2D eigenvalue weighted by Crippen LogP contribution is 2.27. The summed E-state index contributed by atoms with van der Waals surface area (Å²) in [7, 11) is 0.821. The molecule has 1 amide bonds. The van der Waals surface area contributed by atoms with Crippen LogP contribution in [0.25, 0.3) is 0 Å². The Morgan fingerprint density at radius 2 is 1.90 bits per heavy atom. The SMILES string of the molecule is CCOc1ccc(/C=N\OCC(=O)Nc2cc(S(=O)(=O)N(C)C)ccc2C)cc1OC. The van der Waals surface area contributed by atoms with Crippen molar-refractivity contribution in [2.45, 2.75) is 18.7 Å². The van der Waals surface area contributed by atoms with E-state index in [0.29, 0.717) is 29.4 Å². The molecule has 0 aliphatic rings.